The number of anilines is 1. The third kappa shape index (κ3) is 3.23. The molecule has 0 unspecified atom stereocenters. The number of amides is 1. The van der Waals surface area contributed by atoms with E-state index in [4.69, 9.17) is 17.3 Å². The summed E-state index contributed by atoms with van der Waals surface area (Å²) in [6, 6.07) is 10.7. The minimum atomic E-state index is -0.393. The van der Waals surface area contributed by atoms with Gasteiger partial charge in [-0.15, -0.1) is 0 Å². The highest BCUT2D eigenvalue weighted by Crippen LogP contribution is 2.22. The number of benzene rings is 1. The fraction of sp³-hybridized carbons (Fsp3) is 0.118. The molecule has 0 bridgehead atoms. The van der Waals surface area contributed by atoms with Gasteiger partial charge in [0.05, 0.1) is 10.6 Å². The van der Waals surface area contributed by atoms with Crippen molar-refractivity contribution in [2.75, 3.05) is 5.73 Å². The molecule has 1 atom stereocenters. The highest BCUT2D eigenvalue weighted by Gasteiger charge is 2.21. The Morgan fingerprint density at radius 2 is 2.04 bits per heavy atom. The van der Waals surface area contributed by atoms with Crippen molar-refractivity contribution in [3.8, 4) is 0 Å². The average molecular weight is 342 g/mol. The normalized spacial score (nSPS) is 11.9. The number of aromatic nitrogens is 3. The molecule has 1 amide bonds. The molecule has 2 aromatic heterocycles. The highest BCUT2D eigenvalue weighted by atomic mass is 35.5. The summed E-state index contributed by atoms with van der Waals surface area (Å²) in [6.07, 6.45) is 4.93. The number of hydrogen-bond acceptors (Lipinski definition) is 4. The summed E-state index contributed by atoms with van der Waals surface area (Å²) < 4.78 is 1.87. The van der Waals surface area contributed by atoms with Crippen molar-refractivity contribution in [1.29, 1.82) is 0 Å². The molecule has 7 heteroatoms. The summed E-state index contributed by atoms with van der Waals surface area (Å²) in [7, 11) is 1.88. The van der Waals surface area contributed by atoms with E-state index in [0.717, 1.165) is 11.4 Å². The number of nitrogens with two attached hydrogens (primary N) is 1. The predicted molar refractivity (Wildman–Crippen MR) is 92.6 cm³/mol. The van der Waals surface area contributed by atoms with Crippen LogP contribution in [0.25, 0.3) is 0 Å². The molecule has 0 radical (unpaired) electrons. The van der Waals surface area contributed by atoms with E-state index >= 15 is 0 Å². The van der Waals surface area contributed by atoms with Gasteiger partial charge in [-0.05, 0) is 11.6 Å². The van der Waals surface area contributed by atoms with Crippen molar-refractivity contribution < 1.29 is 4.79 Å². The lowest BCUT2D eigenvalue weighted by atomic mass is 10.1. The highest BCUT2D eigenvalue weighted by molar-refractivity contribution is 6.33. The summed E-state index contributed by atoms with van der Waals surface area (Å²) in [5.74, 6) is 0.613. The van der Waals surface area contributed by atoms with Gasteiger partial charge in [-0.3, -0.25) is 4.79 Å². The predicted octanol–water partition coefficient (Wildman–Crippen LogP) is 2.57. The maximum absolute atomic E-state index is 12.6. The Hall–Kier alpha value is -2.86. The SMILES string of the molecule is Cn1ccnc1[C@@H](NC(=O)c1cnc(N)c(Cl)c1)c1ccccc1. The van der Waals surface area contributed by atoms with Gasteiger partial charge in [0.25, 0.3) is 5.91 Å². The summed E-state index contributed by atoms with van der Waals surface area (Å²) in [5, 5.41) is 3.22. The second-order valence-electron chi connectivity index (χ2n) is 5.30. The first kappa shape index (κ1) is 16.0. The van der Waals surface area contributed by atoms with E-state index < -0.39 is 6.04 Å². The second kappa shape index (κ2) is 6.72. The van der Waals surface area contributed by atoms with Crippen molar-refractivity contribution in [2.45, 2.75) is 6.04 Å². The third-order valence-corrected chi connectivity index (χ3v) is 3.96. The zero-order chi connectivity index (χ0) is 17.1. The standard InChI is InChI=1S/C17H16ClN5O/c1-23-8-7-20-16(23)14(11-5-3-2-4-6-11)22-17(24)12-9-13(18)15(19)21-10-12/h2-10,14H,1H3,(H2,19,21)(H,22,24)/t14-/m0/s1. The molecule has 2 heterocycles. The molecule has 0 aliphatic rings. The number of nitrogens with zero attached hydrogens (tertiary/aromatic N) is 3. The molecule has 0 fully saturated rings. The minimum absolute atomic E-state index is 0.192. The van der Waals surface area contributed by atoms with Gasteiger partial charge in [0, 0.05) is 25.6 Å². The van der Waals surface area contributed by atoms with E-state index in [1.54, 1.807) is 6.20 Å². The van der Waals surface area contributed by atoms with Crippen molar-refractivity contribution in [3.63, 3.8) is 0 Å². The number of nitrogens with one attached hydrogen (secondary N) is 1. The number of rotatable bonds is 4. The van der Waals surface area contributed by atoms with E-state index in [9.17, 15) is 4.79 Å². The summed E-state index contributed by atoms with van der Waals surface area (Å²) >= 11 is 5.95. The van der Waals surface area contributed by atoms with Gasteiger partial charge >= 0.3 is 0 Å². The quantitative estimate of drug-likeness (QED) is 0.763. The molecule has 24 heavy (non-hydrogen) atoms. The molecule has 0 aliphatic heterocycles. The number of pyridine rings is 1. The van der Waals surface area contributed by atoms with Gasteiger partial charge in [0.1, 0.15) is 17.7 Å². The molecule has 0 spiro atoms. The Balaban J connectivity index is 1.93. The van der Waals surface area contributed by atoms with Crippen LogP contribution in [0.5, 0.6) is 0 Å². The molecule has 3 aromatic rings. The van der Waals surface area contributed by atoms with Gasteiger partial charge in [-0.1, -0.05) is 41.9 Å². The van der Waals surface area contributed by atoms with E-state index in [1.165, 1.54) is 12.3 Å². The van der Waals surface area contributed by atoms with Crippen molar-refractivity contribution in [3.05, 3.63) is 77.0 Å². The zero-order valence-corrected chi connectivity index (χ0v) is 13.7. The van der Waals surface area contributed by atoms with Crippen LogP contribution in [0.3, 0.4) is 0 Å². The topological polar surface area (TPSA) is 85.8 Å². The van der Waals surface area contributed by atoms with Gasteiger partial charge in [-0.25, -0.2) is 9.97 Å². The molecule has 0 saturated heterocycles. The number of aryl methyl sites for hydroxylation is 1. The zero-order valence-electron chi connectivity index (χ0n) is 13.0. The van der Waals surface area contributed by atoms with Crippen molar-refractivity contribution >= 4 is 23.3 Å². The van der Waals surface area contributed by atoms with Gasteiger partial charge in [-0.2, -0.15) is 0 Å². The lowest BCUT2D eigenvalue weighted by Crippen LogP contribution is -2.31. The number of carbonyl (C=O) groups excluding carboxylic acids is 1. The molecule has 3 N–H and O–H groups in total. The largest absolute Gasteiger partial charge is 0.382 e. The fourth-order valence-electron chi connectivity index (χ4n) is 2.38. The average Bonchev–Trinajstić information content (AvgIpc) is 3.01. The van der Waals surface area contributed by atoms with Crippen LogP contribution in [0, 0.1) is 0 Å². The maximum Gasteiger partial charge on any atom is 0.253 e. The Labute approximate surface area is 144 Å². The first-order valence-corrected chi connectivity index (χ1v) is 7.68. The van der Waals surface area contributed by atoms with Crippen molar-refractivity contribution in [1.82, 2.24) is 19.9 Å². The number of halogens is 1. The molecular formula is C17H16ClN5O. The smallest absolute Gasteiger partial charge is 0.253 e. The van der Waals surface area contributed by atoms with Gasteiger partial charge < -0.3 is 15.6 Å². The van der Waals surface area contributed by atoms with E-state index in [-0.39, 0.29) is 16.7 Å². The fourth-order valence-corrected chi connectivity index (χ4v) is 2.55. The van der Waals surface area contributed by atoms with Crippen LogP contribution < -0.4 is 11.1 Å². The van der Waals surface area contributed by atoms with Crippen LogP contribution in [0.4, 0.5) is 5.82 Å². The number of imidazole rings is 1. The molecular weight excluding hydrogens is 326 g/mol. The van der Waals surface area contributed by atoms with Crippen LogP contribution in [0.15, 0.2) is 55.0 Å². The number of carbonyl (C=O) groups is 1. The maximum atomic E-state index is 12.6. The third-order valence-electron chi connectivity index (χ3n) is 3.66. The van der Waals surface area contributed by atoms with Crippen molar-refractivity contribution in [2.24, 2.45) is 7.05 Å². The molecule has 3 rings (SSSR count). The molecule has 0 saturated carbocycles. The van der Waals surface area contributed by atoms with Crippen LogP contribution in [-0.4, -0.2) is 20.4 Å². The van der Waals surface area contributed by atoms with E-state index in [0.29, 0.717) is 5.56 Å². The Morgan fingerprint density at radius 1 is 1.29 bits per heavy atom. The molecule has 122 valence electrons. The number of hydrogen-bond donors (Lipinski definition) is 2. The van der Waals surface area contributed by atoms with Crippen LogP contribution >= 0.6 is 11.6 Å². The Bertz CT molecular complexity index is 862. The Morgan fingerprint density at radius 3 is 2.67 bits per heavy atom. The lowest BCUT2D eigenvalue weighted by Gasteiger charge is -2.19. The summed E-state index contributed by atoms with van der Waals surface area (Å²) in [5.41, 5.74) is 6.85. The number of nitrogen functional groups attached to an aromatic ring is 1. The molecule has 0 aliphatic carbocycles. The first-order valence-electron chi connectivity index (χ1n) is 7.30. The van der Waals surface area contributed by atoms with Gasteiger partial charge in [0.2, 0.25) is 0 Å². The van der Waals surface area contributed by atoms with E-state index in [2.05, 4.69) is 15.3 Å². The molecule has 6 nitrogen and oxygen atoms in total. The minimum Gasteiger partial charge on any atom is -0.382 e. The van der Waals surface area contributed by atoms with Crippen LogP contribution in [0.1, 0.15) is 27.8 Å². The van der Waals surface area contributed by atoms with E-state index in [1.807, 2.05) is 48.1 Å². The molecule has 1 aromatic carbocycles. The van der Waals surface area contributed by atoms with Crippen LogP contribution in [-0.2, 0) is 7.05 Å². The summed E-state index contributed by atoms with van der Waals surface area (Å²) in [4.78, 5) is 20.9. The Kier molecular flexibility index (Phi) is 4.48. The van der Waals surface area contributed by atoms with Gasteiger partial charge in [0.15, 0.2) is 0 Å². The summed E-state index contributed by atoms with van der Waals surface area (Å²) in [6.45, 7) is 0. The lowest BCUT2D eigenvalue weighted by molar-refractivity contribution is 0.0941. The van der Waals surface area contributed by atoms with Crippen LogP contribution in [0.2, 0.25) is 5.02 Å². The second-order valence-corrected chi connectivity index (χ2v) is 5.71. The monoisotopic (exact) mass is 341 g/mol. The first-order chi connectivity index (χ1) is 11.6.